The van der Waals surface area contributed by atoms with Gasteiger partial charge < -0.3 is 9.84 Å². The monoisotopic (exact) mass is 268 g/mol. The molecule has 1 saturated carbocycles. The Morgan fingerprint density at radius 1 is 1.37 bits per heavy atom. The van der Waals surface area contributed by atoms with Gasteiger partial charge in [0.1, 0.15) is 6.10 Å². The highest BCUT2D eigenvalue weighted by Crippen LogP contribution is 2.28. The molecule has 1 aliphatic carbocycles. The highest BCUT2D eigenvalue weighted by atomic mass is 16.6. The third-order valence-corrected chi connectivity index (χ3v) is 3.97. The molecule has 0 saturated heterocycles. The van der Waals surface area contributed by atoms with E-state index < -0.39 is 18.2 Å². The molecule has 0 radical (unpaired) electrons. The summed E-state index contributed by atoms with van der Waals surface area (Å²) >= 11 is 0. The van der Waals surface area contributed by atoms with Crippen molar-refractivity contribution >= 4 is 5.97 Å². The molecule has 1 N–H and O–H groups in total. The molecule has 19 heavy (non-hydrogen) atoms. The highest BCUT2D eigenvalue weighted by Gasteiger charge is 2.21. The Kier molecular flexibility index (Phi) is 7.14. The summed E-state index contributed by atoms with van der Waals surface area (Å²) in [6.07, 6.45) is 8.70. The summed E-state index contributed by atoms with van der Waals surface area (Å²) in [6, 6.07) is 0. The third kappa shape index (κ3) is 6.24. The van der Waals surface area contributed by atoms with E-state index in [-0.39, 0.29) is 0 Å². The fraction of sp³-hybridized carbons (Fsp3) is 0.812. The van der Waals surface area contributed by atoms with Crippen molar-refractivity contribution in [1.29, 1.82) is 0 Å². The van der Waals surface area contributed by atoms with Gasteiger partial charge in [0.25, 0.3) is 0 Å². The summed E-state index contributed by atoms with van der Waals surface area (Å²) in [5, 5.41) is 9.67. The second kappa shape index (κ2) is 8.36. The molecule has 1 fully saturated rings. The van der Waals surface area contributed by atoms with Crippen LogP contribution in [0.4, 0.5) is 0 Å². The van der Waals surface area contributed by atoms with Crippen molar-refractivity contribution in [3.05, 3.63) is 12.2 Å². The van der Waals surface area contributed by atoms with Crippen LogP contribution in [0.5, 0.6) is 0 Å². The molecular weight excluding hydrogens is 240 g/mol. The lowest BCUT2D eigenvalue weighted by atomic mass is 9.85. The summed E-state index contributed by atoms with van der Waals surface area (Å²) in [5.41, 5.74) is 0.387. The molecule has 0 bridgehead atoms. The SMILES string of the molecule is C=C(C)C(=O)OC(CCCC1CCCCC1)C(C)O. The van der Waals surface area contributed by atoms with Crippen LogP contribution in [0.3, 0.4) is 0 Å². The van der Waals surface area contributed by atoms with Gasteiger partial charge in [-0.25, -0.2) is 4.79 Å². The smallest absolute Gasteiger partial charge is 0.333 e. The van der Waals surface area contributed by atoms with Crippen LogP contribution in [-0.4, -0.2) is 23.3 Å². The van der Waals surface area contributed by atoms with Gasteiger partial charge in [0, 0.05) is 5.57 Å². The van der Waals surface area contributed by atoms with E-state index in [0.29, 0.717) is 5.57 Å². The summed E-state index contributed by atoms with van der Waals surface area (Å²) in [7, 11) is 0. The van der Waals surface area contributed by atoms with Gasteiger partial charge >= 0.3 is 5.97 Å². The molecule has 0 spiro atoms. The molecule has 3 nitrogen and oxygen atoms in total. The van der Waals surface area contributed by atoms with Gasteiger partial charge in [-0.2, -0.15) is 0 Å². The standard InChI is InChI=1S/C16H28O3/c1-12(2)16(18)19-15(13(3)17)11-7-10-14-8-5-4-6-9-14/h13-15,17H,1,4-11H2,2-3H3. The number of carbonyl (C=O) groups excluding carboxylic acids is 1. The quantitative estimate of drug-likeness (QED) is 0.567. The van der Waals surface area contributed by atoms with E-state index in [1.807, 2.05) is 0 Å². The van der Waals surface area contributed by atoms with Crippen LogP contribution in [0.2, 0.25) is 0 Å². The minimum absolute atomic E-state index is 0.387. The maximum absolute atomic E-state index is 11.5. The van der Waals surface area contributed by atoms with Crippen molar-refractivity contribution in [2.24, 2.45) is 5.92 Å². The van der Waals surface area contributed by atoms with Crippen LogP contribution in [-0.2, 0) is 9.53 Å². The molecule has 3 heteroatoms. The van der Waals surface area contributed by atoms with E-state index in [4.69, 9.17) is 4.74 Å². The van der Waals surface area contributed by atoms with Gasteiger partial charge in [-0.1, -0.05) is 45.1 Å². The first-order valence-corrected chi connectivity index (χ1v) is 7.55. The molecule has 0 aromatic heterocycles. The Bertz CT molecular complexity index is 290. The molecule has 1 rings (SSSR count). The van der Waals surface area contributed by atoms with Crippen LogP contribution >= 0.6 is 0 Å². The number of rotatable bonds is 7. The normalized spacial score (nSPS) is 19.7. The van der Waals surface area contributed by atoms with Crippen molar-refractivity contribution in [3.8, 4) is 0 Å². The Morgan fingerprint density at radius 2 is 2.00 bits per heavy atom. The second-order valence-corrected chi connectivity index (χ2v) is 5.90. The average Bonchev–Trinajstić information content (AvgIpc) is 2.38. The summed E-state index contributed by atoms with van der Waals surface area (Å²) in [5.74, 6) is 0.434. The first-order chi connectivity index (χ1) is 9.00. The van der Waals surface area contributed by atoms with Crippen molar-refractivity contribution < 1.29 is 14.6 Å². The average molecular weight is 268 g/mol. The zero-order valence-electron chi connectivity index (χ0n) is 12.4. The number of hydrogen-bond acceptors (Lipinski definition) is 3. The van der Waals surface area contributed by atoms with Gasteiger partial charge in [-0.05, 0) is 32.6 Å². The molecule has 0 aromatic carbocycles. The number of ether oxygens (including phenoxy) is 1. The maximum atomic E-state index is 11.5. The van der Waals surface area contributed by atoms with Gasteiger partial charge in [0.05, 0.1) is 6.10 Å². The third-order valence-electron chi connectivity index (χ3n) is 3.97. The molecule has 2 unspecified atom stereocenters. The molecule has 0 amide bonds. The van der Waals surface area contributed by atoms with E-state index in [1.165, 1.54) is 38.5 Å². The largest absolute Gasteiger partial charge is 0.456 e. The summed E-state index contributed by atoms with van der Waals surface area (Å²) < 4.78 is 5.27. The Hall–Kier alpha value is -0.830. The topological polar surface area (TPSA) is 46.5 Å². The molecule has 0 aliphatic heterocycles. The van der Waals surface area contributed by atoms with Crippen LogP contribution < -0.4 is 0 Å². The molecule has 2 atom stereocenters. The van der Waals surface area contributed by atoms with E-state index in [9.17, 15) is 9.90 Å². The van der Waals surface area contributed by atoms with Crippen LogP contribution in [0.1, 0.15) is 65.2 Å². The van der Waals surface area contributed by atoms with Crippen LogP contribution in [0.15, 0.2) is 12.2 Å². The molecule has 110 valence electrons. The Balaban J connectivity index is 2.28. The lowest BCUT2D eigenvalue weighted by Crippen LogP contribution is -2.29. The fourth-order valence-electron chi connectivity index (χ4n) is 2.72. The Morgan fingerprint density at radius 3 is 2.53 bits per heavy atom. The van der Waals surface area contributed by atoms with Gasteiger partial charge in [-0.15, -0.1) is 0 Å². The van der Waals surface area contributed by atoms with Gasteiger partial charge in [0.15, 0.2) is 0 Å². The number of aliphatic hydroxyl groups is 1. The minimum atomic E-state index is -0.616. The molecular formula is C16H28O3. The minimum Gasteiger partial charge on any atom is -0.456 e. The fourth-order valence-corrected chi connectivity index (χ4v) is 2.72. The van der Waals surface area contributed by atoms with Crippen molar-refractivity contribution in [1.82, 2.24) is 0 Å². The maximum Gasteiger partial charge on any atom is 0.333 e. The first kappa shape index (κ1) is 16.2. The van der Waals surface area contributed by atoms with E-state index >= 15 is 0 Å². The molecule has 0 heterocycles. The lowest BCUT2D eigenvalue weighted by molar-refractivity contribution is -0.150. The van der Waals surface area contributed by atoms with Crippen molar-refractivity contribution in [2.75, 3.05) is 0 Å². The van der Waals surface area contributed by atoms with Crippen molar-refractivity contribution in [3.63, 3.8) is 0 Å². The molecule has 1 aliphatic rings. The zero-order valence-corrected chi connectivity index (χ0v) is 12.4. The number of carbonyl (C=O) groups is 1. The summed E-state index contributed by atoms with van der Waals surface area (Å²) in [4.78, 5) is 11.5. The first-order valence-electron chi connectivity index (χ1n) is 7.55. The van der Waals surface area contributed by atoms with E-state index in [0.717, 1.165) is 18.8 Å². The second-order valence-electron chi connectivity index (χ2n) is 5.90. The lowest BCUT2D eigenvalue weighted by Gasteiger charge is -2.24. The number of esters is 1. The zero-order chi connectivity index (χ0) is 14.3. The van der Waals surface area contributed by atoms with E-state index in [2.05, 4.69) is 6.58 Å². The Labute approximate surface area is 117 Å². The van der Waals surface area contributed by atoms with E-state index in [1.54, 1.807) is 13.8 Å². The van der Waals surface area contributed by atoms with Crippen LogP contribution in [0.25, 0.3) is 0 Å². The number of hydrogen-bond donors (Lipinski definition) is 1. The van der Waals surface area contributed by atoms with Crippen molar-refractivity contribution in [2.45, 2.75) is 77.4 Å². The van der Waals surface area contributed by atoms with Crippen LogP contribution in [0, 0.1) is 5.92 Å². The molecule has 0 aromatic rings. The predicted molar refractivity (Wildman–Crippen MR) is 76.8 cm³/mol. The van der Waals surface area contributed by atoms with Gasteiger partial charge in [-0.3, -0.25) is 0 Å². The number of aliphatic hydroxyl groups excluding tert-OH is 1. The summed E-state index contributed by atoms with van der Waals surface area (Å²) in [6.45, 7) is 6.87. The van der Waals surface area contributed by atoms with Gasteiger partial charge in [0.2, 0.25) is 0 Å². The highest BCUT2D eigenvalue weighted by molar-refractivity contribution is 5.87. The predicted octanol–water partition coefficient (Wildman–Crippen LogP) is 3.61.